The maximum absolute atomic E-state index is 4.45. The molecule has 1 aromatic heterocycles. The Kier molecular flexibility index (Phi) is 10.2. The van der Waals surface area contributed by atoms with Gasteiger partial charge in [0.25, 0.3) is 0 Å². The minimum Gasteiger partial charge on any atom is -0.789 e. The van der Waals surface area contributed by atoms with Gasteiger partial charge in [0.05, 0.1) is 0 Å². The van der Waals surface area contributed by atoms with Gasteiger partial charge >= 0.3 is 0 Å². The molecule has 0 aliphatic carbocycles. The van der Waals surface area contributed by atoms with Crippen molar-refractivity contribution in [2.75, 3.05) is 4.90 Å². The molecule has 0 unspecified atom stereocenters. The van der Waals surface area contributed by atoms with E-state index in [0.29, 0.717) is 0 Å². The zero-order chi connectivity index (χ0) is 20.3. The van der Waals surface area contributed by atoms with Crippen LogP contribution < -0.4 is 4.90 Å². The van der Waals surface area contributed by atoms with E-state index in [1.807, 2.05) is 42.6 Å². The van der Waals surface area contributed by atoms with E-state index in [1.54, 1.807) is 0 Å². The van der Waals surface area contributed by atoms with E-state index in [0.717, 1.165) is 28.3 Å². The maximum atomic E-state index is 4.45. The molecule has 30 heavy (non-hydrogen) atoms. The fourth-order valence-corrected chi connectivity index (χ4v) is 2.86. The number of para-hydroxylation sites is 2. The Bertz CT molecular complexity index is 983. The molecule has 0 fully saturated rings. The Balaban J connectivity index is 0.000000591. The molecule has 0 aliphatic heterocycles. The first-order chi connectivity index (χ1) is 14.3. The second-order valence-corrected chi connectivity index (χ2v) is 6.50. The molecular formula is C25H19N2PtS2-3. The van der Waals surface area contributed by atoms with Gasteiger partial charge < -0.3 is 35.1 Å². The van der Waals surface area contributed by atoms with E-state index < -0.39 is 0 Å². The van der Waals surface area contributed by atoms with Crippen LogP contribution in [0.4, 0.5) is 17.1 Å². The van der Waals surface area contributed by atoms with E-state index in [4.69, 9.17) is 0 Å². The molecule has 0 bridgehead atoms. The Morgan fingerprint density at radius 1 is 0.700 bits per heavy atom. The summed E-state index contributed by atoms with van der Waals surface area (Å²) < 4.78 is 0. The molecule has 0 radical (unpaired) electrons. The van der Waals surface area contributed by atoms with Gasteiger partial charge in [0.15, 0.2) is 0 Å². The van der Waals surface area contributed by atoms with Gasteiger partial charge in [0.1, 0.15) is 0 Å². The molecule has 5 heteroatoms. The SMILES string of the molecule is [Pt].[S-]/C=C\[S-].[c-]1ccc(N(c2ccccc2)c2ccccc2)cc1-c1ccccn1. The van der Waals surface area contributed by atoms with Crippen molar-refractivity contribution in [3.05, 3.63) is 120 Å². The predicted octanol–water partition coefficient (Wildman–Crippen LogP) is 6.57. The van der Waals surface area contributed by atoms with Crippen LogP contribution in [0.25, 0.3) is 11.3 Å². The number of benzene rings is 3. The van der Waals surface area contributed by atoms with Crippen LogP contribution in [0, 0.1) is 6.07 Å². The van der Waals surface area contributed by atoms with E-state index in [-0.39, 0.29) is 21.1 Å². The third kappa shape index (κ3) is 6.50. The van der Waals surface area contributed by atoms with Crippen LogP contribution in [-0.2, 0) is 46.3 Å². The van der Waals surface area contributed by atoms with E-state index >= 15 is 0 Å². The van der Waals surface area contributed by atoms with Gasteiger partial charge in [0.2, 0.25) is 0 Å². The number of anilines is 3. The predicted molar refractivity (Wildman–Crippen MR) is 127 cm³/mol. The molecule has 0 atom stereocenters. The van der Waals surface area contributed by atoms with Crippen LogP contribution in [0.1, 0.15) is 0 Å². The molecule has 0 saturated carbocycles. The first kappa shape index (κ1) is 23.8. The molecule has 4 rings (SSSR count). The topological polar surface area (TPSA) is 16.1 Å². The minimum absolute atomic E-state index is 0. The molecule has 0 aliphatic rings. The fourth-order valence-electron chi connectivity index (χ4n) is 2.86. The van der Waals surface area contributed by atoms with E-state index in [1.165, 1.54) is 10.8 Å². The summed E-state index contributed by atoms with van der Waals surface area (Å²) in [7, 11) is 0. The Labute approximate surface area is 203 Å². The summed E-state index contributed by atoms with van der Waals surface area (Å²) in [6.07, 6.45) is 1.81. The van der Waals surface area contributed by atoms with Gasteiger partial charge in [0, 0.05) is 38.6 Å². The zero-order valence-corrected chi connectivity index (χ0v) is 19.9. The molecule has 0 saturated heterocycles. The van der Waals surface area contributed by atoms with Gasteiger partial charge in [-0.05, 0) is 41.7 Å². The van der Waals surface area contributed by atoms with Crippen molar-refractivity contribution in [2.45, 2.75) is 0 Å². The van der Waals surface area contributed by atoms with Gasteiger partial charge in [-0.25, -0.2) is 10.8 Å². The number of aromatic nitrogens is 1. The molecule has 2 nitrogen and oxygen atoms in total. The second kappa shape index (κ2) is 12.9. The number of hydrogen-bond acceptors (Lipinski definition) is 4. The average Bonchev–Trinajstić information content (AvgIpc) is 2.82. The number of rotatable bonds is 4. The zero-order valence-electron chi connectivity index (χ0n) is 16.0. The fraction of sp³-hybridized carbons (Fsp3) is 0. The molecule has 0 spiro atoms. The molecule has 154 valence electrons. The third-order valence-electron chi connectivity index (χ3n) is 4.07. The molecular weight excluding hydrogens is 588 g/mol. The van der Waals surface area contributed by atoms with Crippen LogP contribution in [0.3, 0.4) is 0 Å². The Morgan fingerprint density at radius 2 is 1.27 bits per heavy atom. The van der Waals surface area contributed by atoms with Crippen LogP contribution in [0.15, 0.2) is 114 Å². The molecule has 1 heterocycles. The van der Waals surface area contributed by atoms with Crippen molar-refractivity contribution in [1.82, 2.24) is 4.98 Å². The summed E-state index contributed by atoms with van der Waals surface area (Å²) in [5.74, 6) is 0. The van der Waals surface area contributed by atoms with Crippen LogP contribution in [-0.4, -0.2) is 4.98 Å². The van der Waals surface area contributed by atoms with Crippen LogP contribution in [0.5, 0.6) is 0 Å². The van der Waals surface area contributed by atoms with Gasteiger partial charge in [-0.3, -0.25) is 0 Å². The summed E-state index contributed by atoms with van der Waals surface area (Å²) in [4.78, 5) is 6.68. The quantitative estimate of drug-likeness (QED) is 0.193. The number of hydrogen-bond donors (Lipinski definition) is 0. The molecule has 0 amide bonds. The molecule has 4 aromatic rings. The van der Waals surface area contributed by atoms with Gasteiger partial charge in [-0.2, -0.15) is 0 Å². The van der Waals surface area contributed by atoms with Crippen LogP contribution >= 0.6 is 0 Å². The number of nitrogens with zero attached hydrogens (tertiary/aromatic N) is 2. The summed E-state index contributed by atoms with van der Waals surface area (Å²) in [5, 5.41) is 2.80. The maximum Gasteiger partial charge on any atom is 0.0443 e. The number of pyridine rings is 1. The van der Waals surface area contributed by atoms with E-state index in [2.05, 4.69) is 102 Å². The largest absolute Gasteiger partial charge is 0.789 e. The van der Waals surface area contributed by atoms with E-state index in [9.17, 15) is 0 Å². The summed E-state index contributed by atoms with van der Waals surface area (Å²) in [6, 6.07) is 36.1. The van der Waals surface area contributed by atoms with Crippen molar-refractivity contribution in [3.63, 3.8) is 0 Å². The molecule has 3 aromatic carbocycles. The standard InChI is InChI=1S/C23H17N2.C2H4S2.Pt/c1-3-11-20(12-4-1)25(21-13-5-2-6-14-21)22-15-9-10-19(18-22)23-16-7-8-17-24-23;3-1-2-4;/h1-9,11-18H;1-4H;/q-1;;/p-2/b;2-1-;. The smallest absolute Gasteiger partial charge is 0.0443 e. The van der Waals surface area contributed by atoms with Crippen molar-refractivity contribution < 1.29 is 21.1 Å². The Morgan fingerprint density at radius 3 is 1.77 bits per heavy atom. The minimum atomic E-state index is 0. The normalized spacial score (nSPS) is 9.87. The average molecular weight is 607 g/mol. The van der Waals surface area contributed by atoms with Crippen molar-refractivity contribution in [3.8, 4) is 11.3 Å². The van der Waals surface area contributed by atoms with Crippen molar-refractivity contribution in [2.24, 2.45) is 0 Å². The van der Waals surface area contributed by atoms with Crippen molar-refractivity contribution >= 4 is 42.3 Å². The monoisotopic (exact) mass is 606 g/mol. The summed E-state index contributed by atoms with van der Waals surface area (Å²) >= 11 is 8.54. The van der Waals surface area contributed by atoms with Gasteiger partial charge in [-0.1, -0.05) is 48.5 Å². The summed E-state index contributed by atoms with van der Waals surface area (Å²) in [6.45, 7) is 0. The van der Waals surface area contributed by atoms with Crippen molar-refractivity contribution in [1.29, 1.82) is 0 Å². The molecule has 0 N–H and O–H groups in total. The first-order valence-corrected chi connectivity index (χ1v) is 10.00. The van der Waals surface area contributed by atoms with Gasteiger partial charge in [-0.15, -0.1) is 29.8 Å². The first-order valence-electron chi connectivity index (χ1n) is 9.06. The van der Waals surface area contributed by atoms with Crippen LogP contribution in [0.2, 0.25) is 0 Å². The summed E-state index contributed by atoms with van der Waals surface area (Å²) in [5.41, 5.74) is 5.22. The second-order valence-electron chi connectivity index (χ2n) is 5.95. The Hall–Kier alpha value is -2.52. The third-order valence-corrected chi connectivity index (χ3v) is 4.51.